The molecule has 0 unspecified atom stereocenters. The zero-order chi connectivity index (χ0) is 14.7. The van der Waals surface area contributed by atoms with E-state index in [1.54, 1.807) is 29.2 Å². The lowest BCUT2D eigenvalue weighted by Crippen LogP contribution is -1.81. The predicted molar refractivity (Wildman–Crippen MR) is 89.5 cm³/mol. The second-order valence-electron chi connectivity index (χ2n) is 4.46. The molecule has 0 aliphatic carbocycles. The van der Waals surface area contributed by atoms with Crippen LogP contribution < -0.4 is 0 Å². The van der Waals surface area contributed by atoms with E-state index in [2.05, 4.69) is 41.6 Å². The predicted octanol–water partition coefficient (Wildman–Crippen LogP) is 5.07. The normalized spacial score (nSPS) is 10.3. The number of nitrogens with zero attached hydrogens (tertiary/aromatic N) is 2. The number of thioether (sulfide) groups is 1. The number of benzene rings is 2. The summed E-state index contributed by atoms with van der Waals surface area (Å²) in [6.07, 6.45) is 2.07. The van der Waals surface area contributed by atoms with Gasteiger partial charge in [0.25, 0.3) is 0 Å². The van der Waals surface area contributed by atoms with Crippen LogP contribution in [0.1, 0.15) is 5.56 Å². The van der Waals surface area contributed by atoms with E-state index < -0.39 is 0 Å². The molecule has 0 saturated carbocycles. The summed E-state index contributed by atoms with van der Waals surface area (Å²) in [4.78, 5) is 5.93. The van der Waals surface area contributed by atoms with Crippen molar-refractivity contribution in [3.8, 4) is 27.9 Å². The summed E-state index contributed by atoms with van der Waals surface area (Å²) < 4.78 is 0. The number of rotatable bonds is 3. The molecule has 3 aromatic rings. The van der Waals surface area contributed by atoms with Gasteiger partial charge in [0.15, 0.2) is 0 Å². The Hall–Kier alpha value is -2.09. The Morgan fingerprint density at radius 1 is 1.10 bits per heavy atom. The lowest BCUT2D eigenvalue weighted by Gasteiger charge is -1.99. The number of thiazole rings is 1. The highest BCUT2D eigenvalue weighted by Crippen LogP contribution is 2.30. The van der Waals surface area contributed by atoms with Crippen LogP contribution in [0.3, 0.4) is 0 Å². The summed E-state index contributed by atoms with van der Waals surface area (Å²) in [5.74, 6) is 0. The molecular weight excluding hydrogens is 296 g/mol. The summed E-state index contributed by atoms with van der Waals surface area (Å²) in [7, 11) is 0. The summed E-state index contributed by atoms with van der Waals surface area (Å²) >= 11 is 3.35. The van der Waals surface area contributed by atoms with E-state index in [9.17, 15) is 0 Å². The van der Waals surface area contributed by atoms with Crippen LogP contribution in [0.4, 0.5) is 0 Å². The Bertz CT molecular complexity index is 798. The van der Waals surface area contributed by atoms with E-state index in [0.29, 0.717) is 5.56 Å². The van der Waals surface area contributed by atoms with Gasteiger partial charge in [-0.15, -0.1) is 23.1 Å². The van der Waals surface area contributed by atoms with Gasteiger partial charge < -0.3 is 0 Å². The fraction of sp³-hybridized carbons (Fsp3) is 0.0588. The third kappa shape index (κ3) is 2.99. The molecule has 0 fully saturated rings. The van der Waals surface area contributed by atoms with Gasteiger partial charge in [-0.05, 0) is 30.5 Å². The molecule has 0 radical (unpaired) electrons. The third-order valence-corrected chi connectivity index (χ3v) is 4.76. The molecule has 102 valence electrons. The Morgan fingerprint density at radius 2 is 1.90 bits per heavy atom. The van der Waals surface area contributed by atoms with Gasteiger partial charge in [-0.3, -0.25) is 0 Å². The first-order chi connectivity index (χ1) is 10.3. The molecule has 0 spiro atoms. The first kappa shape index (κ1) is 13.9. The van der Waals surface area contributed by atoms with Crippen molar-refractivity contribution in [2.75, 3.05) is 6.26 Å². The molecule has 1 aromatic heterocycles. The third-order valence-electron chi connectivity index (χ3n) is 3.13. The Balaban J connectivity index is 1.93. The van der Waals surface area contributed by atoms with Gasteiger partial charge in [-0.2, -0.15) is 5.26 Å². The highest BCUT2D eigenvalue weighted by atomic mass is 32.2. The Morgan fingerprint density at radius 3 is 2.62 bits per heavy atom. The lowest BCUT2D eigenvalue weighted by atomic mass is 10.1. The number of aromatic nitrogens is 1. The minimum atomic E-state index is 0.659. The summed E-state index contributed by atoms with van der Waals surface area (Å²) in [5.41, 5.74) is 3.69. The summed E-state index contributed by atoms with van der Waals surface area (Å²) in [5, 5.41) is 12.0. The molecule has 0 atom stereocenters. The molecule has 0 aliphatic rings. The van der Waals surface area contributed by atoms with Crippen molar-refractivity contribution in [3.05, 3.63) is 59.5 Å². The van der Waals surface area contributed by atoms with Crippen molar-refractivity contribution in [1.29, 1.82) is 5.26 Å². The van der Waals surface area contributed by atoms with Crippen molar-refractivity contribution in [2.24, 2.45) is 0 Å². The average molecular weight is 308 g/mol. The van der Waals surface area contributed by atoms with Crippen LogP contribution in [0.15, 0.2) is 58.8 Å². The first-order valence-electron chi connectivity index (χ1n) is 6.40. The highest BCUT2D eigenvalue weighted by molar-refractivity contribution is 7.98. The van der Waals surface area contributed by atoms with E-state index in [1.807, 2.05) is 23.6 Å². The smallest absolute Gasteiger partial charge is 0.124 e. The van der Waals surface area contributed by atoms with Gasteiger partial charge in [-0.1, -0.05) is 24.3 Å². The Labute approximate surface area is 132 Å². The molecule has 1 heterocycles. The maximum Gasteiger partial charge on any atom is 0.124 e. The fourth-order valence-corrected chi connectivity index (χ4v) is 3.26. The molecule has 4 heteroatoms. The van der Waals surface area contributed by atoms with Crippen LogP contribution in [-0.4, -0.2) is 11.2 Å². The second-order valence-corrected chi connectivity index (χ2v) is 6.20. The molecular formula is C17H12N2S2. The van der Waals surface area contributed by atoms with Gasteiger partial charge in [0.2, 0.25) is 0 Å². The number of hydrogen-bond donors (Lipinski definition) is 0. The zero-order valence-electron chi connectivity index (χ0n) is 11.4. The summed E-state index contributed by atoms with van der Waals surface area (Å²) in [6.45, 7) is 0. The van der Waals surface area contributed by atoms with Gasteiger partial charge in [0.1, 0.15) is 5.01 Å². The van der Waals surface area contributed by atoms with Crippen molar-refractivity contribution in [2.45, 2.75) is 4.90 Å². The van der Waals surface area contributed by atoms with Crippen LogP contribution in [0.5, 0.6) is 0 Å². The number of nitriles is 1. The van der Waals surface area contributed by atoms with Crippen LogP contribution in [0, 0.1) is 11.3 Å². The van der Waals surface area contributed by atoms with Gasteiger partial charge in [0, 0.05) is 21.4 Å². The zero-order valence-corrected chi connectivity index (χ0v) is 13.0. The molecule has 0 saturated heterocycles. The Kier molecular flexibility index (Phi) is 4.05. The largest absolute Gasteiger partial charge is 0.236 e. The quantitative estimate of drug-likeness (QED) is 0.634. The van der Waals surface area contributed by atoms with E-state index in [-0.39, 0.29) is 0 Å². The molecule has 2 nitrogen and oxygen atoms in total. The van der Waals surface area contributed by atoms with E-state index in [4.69, 9.17) is 5.26 Å². The van der Waals surface area contributed by atoms with Crippen molar-refractivity contribution in [1.82, 2.24) is 4.98 Å². The monoisotopic (exact) mass is 308 g/mol. The minimum Gasteiger partial charge on any atom is -0.236 e. The van der Waals surface area contributed by atoms with Crippen LogP contribution in [-0.2, 0) is 0 Å². The van der Waals surface area contributed by atoms with Gasteiger partial charge in [-0.25, -0.2) is 4.98 Å². The fourth-order valence-electron chi connectivity index (χ4n) is 2.02. The van der Waals surface area contributed by atoms with Crippen molar-refractivity contribution < 1.29 is 0 Å². The lowest BCUT2D eigenvalue weighted by molar-refractivity contribution is 1.38. The maximum absolute atomic E-state index is 8.97. The van der Waals surface area contributed by atoms with E-state index in [0.717, 1.165) is 21.8 Å². The van der Waals surface area contributed by atoms with Gasteiger partial charge >= 0.3 is 0 Å². The minimum absolute atomic E-state index is 0.659. The topological polar surface area (TPSA) is 36.7 Å². The van der Waals surface area contributed by atoms with E-state index in [1.165, 1.54) is 4.90 Å². The van der Waals surface area contributed by atoms with Crippen LogP contribution in [0.25, 0.3) is 21.8 Å². The summed E-state index contributed by atoms with van der Waals surface area (Å²) in [6, 6.07) is 18.1. The highest BCUT2D eigenvalue weighted by Gasteiger charge is 2.07. The number of hydrogen-bond acceptors (Lipinski definition) is 4. The molecule has 0 bridgehead atoms. The van der Waals surface area contributed by atoms with Crippen LogP contribution >= 0.6 is 23.1 Å². The van der Waals surface area contributed by atoms with Crippen molar-refractivity contribution >= 4 is 23.1 Å². The first-order valence-corrected chi connectivity index (χ1v) is 8.51. The molecule has 3 rings (SSSR count). The van der Waals surface area contributed by atoms with Crippen molar-refractivity contribution in [3.63, 3.8) is 0 Å². The average Bonchev–Trinajstić information content (AvgIpc) is 3.05. The second kappa shape index (κ2) is 6.13. The molecule has 2 aromatic carbocycles. The SMILES string of the molecule is CSc1ccc(-c2nc(-c3cccc(C#N)c3)cs2)cc1. The molecule has 0 N–H and O–H groups in total. The maximum atomic E-state index is 8.97. The standard InChI is InChI=1S/C17H12N2S2/c1-20-15-7-5-13(6-8-15)17-19-16(11-21-17)14-4-2-3-12(9-14)10-18/h2-9,11H,1H3. The molecule has 0 aliphatic heterocycles. The molecule has 0 amide bonds. The van der Waals surface area contributed by atoms with E-state index >= 15 is 0 Å². The van der Waals surface area contributed by atoms with Crippen LogP contribution in [0.2, 0.25) is 0 Å². The van der Waals surface area contributed by atoms with Gasteiger partial charge in [0.05, 0.1) is 17.3 Å². The molecule has 21 heavy (non-hydrogen) atoms.